The fraction of sp³-hybridized carbons (Fsp3) is 0.571. The summed E-state index contributed by atoms with van der Waals surface area (Å²) in [6.45, 7) is 4.05. The van der Waals surface area contributed by atoms with Crippen molar-refractivity contribution in [1.29, 1.82) is 0 Å². The van der Waals surface area contributed by atoms with Crippen molar-refractivity contribution in [1.82, 2.24) is 0 Å². The monoisotopic (exact) mass is 280 g/mol. The molecule has 110 valence electrons. The first-order valence-corrected chi connectivity index (χ1v) is 6.86. The third kappa shape index (κ3) is 3.19. The molecular formula is C14H20N2O4. The molecule has 0 aromatic heterocycles. The highest BCUT2D eigenvalue weighted by atomic mass is 16.6. The SMILES string of the molecule is CC(C)Oc1cccc(N(CCO)C2CC2)c1[N+](=O)[O-]. The Morgan fingerprint density at radius 3 is 2.70 bits per heavy atom. The van der Waals surface area contributed by atoms with Gasteiger partial charge in [-0.05, 0) is 38.8 Å². The number of aliphatic hydroxyl groups excluding tert-OH is 1. The summed E-state index contributed by atoms with van der Waals surface area (Å²) in [6.07, 6.45) is 1.88. The van der Waals surface area contributed by atoms with Crippen LogP contribution in [0.5, 0.6) is 5.75 Å². The molecule has 0 saturated heterocycles. The molecule has 0 unspecified atom stereocenters. The summed E-state index contributed by atoms with van der Waals surface area (Å²) >= 11 is 0. The van der Waals surface area contributed by atoms with Gasteiger partial charge in [-0.25, -0.2) is 0 Å². The van der Waals surface area contributed by atoms with Crippen LogP contribution in [0.3, 0.4) is 0 Å². The Labute approximate surface area is 118 Å². The van der Waals surface area contributed by atoms with Crippen LogP contribution in [0.2, 0.25) is 0 Å². The fourth-order valence-corrected chi connectivity index (χ4v) is 2.27. The zero-order valence-corrected chi connectivity index (χ0v) is 11.8. The maximum atomic E-state index is 11.4. The van der Waals surface area contributed by atoms with E-state index in [4.69, 9.17) is 4.74 Å². The Bertz CT molecular complexity index is 486. The van der Waals surface area contributed by atoms with Crippen molar-refractivity contribution in [2.75, 3.05) is 18.1 Å². The molecule has 1 N–H and O–H groups in total. The first kappa shape index (κ1) is 14.6. The van der Waals surface area contributed by atoms with Crippen LogP contribution < -0.4 is 9.64 Å². The number of nitro groups is 1. The molecule has 2 rings (SSSR count). The summed E-state index contributed by atoms with van der Waals surface area (Å²) < 4.78 is 5.54. The molecule has 1 aromatic rings. The van der Waals surface area contributed by atoms with Crippen molar-refractivity contribution in [3.63, 3.8) is 0 Å². The van der Waals surface area contributed by atoms with Gasteiger partial charge in [0, 0.05) is 12.6 Å². The maximum absolute atomic E-state index is 11.4. The molecule has 6 heteroatoms. The van der Waals surface area contributed by atoms with Gasteiger partial charge in [-0.15, -0.1) is 0 Å². The van der Waals surface area contributed by atoms with E-state index >= 15 is 0 Å². The minimum atomic E-state index is -0.403. The number of anilines is 1. The lowest BCUT2D eigenvalue weighted by atomic mass is 10.2. The van der Waals surface area contributed by atoms with E-state index < -0.39 is 4.92 Å². The molecule has 1 saturated carbocycles. The first-order valence-electron chi connectivity index (χ1n) is 6.86. The van der Waals surface area contributed by atoms with Gasteiger partial charge in [0.1, 0.15) is 5.69 Å². The van der Waals surface area contributed by atoms with Gasteiger partial charge in [-0.2, -0.15) is 0 Å². The van der Waals surface area contributed by atoms with Crippen molar-refractivity contribution < 1.29 is 14.8 Å². The molecule has 0 spiro atoms. The van der Waals surface area contributed by atoms with Crippen LogP contribution in [-0.2, 0) is 0 Å². The van der Waals surface area contributed by atoms with Crippen LogP contribution >= 0.6 is 0 Å². The second-order valence-electron chi connectivity index (χ2n) is 5.20. The van der Waals surface area contributed by atoms with Gasteiger partial charge in [0.2, 0.25) is 0 Å². The zero-order valence-electron chi connectivity index (χ0n) is 11.8. The Morgan fingerprint density at radius 2 is 2.20 bits per heavy atom. The van der Waals surface area contributed by atoms with E-state index in [9.17, 15) is 15.2 Å². The van der Waals surface area contributed by atoms with E-state index in [1.165, 1.54) is 0 Å². The second kappa shape index (κ2) is 6.09. The number of rotatable bonds is 7. The third-order valence-electron chi connectivity index (χ3n) is 3.16. The number of para-hydroxylation sites is 1. The molecule has 1 aliphatic rings. The fourth-order valence-electron chi connectivity index (χ4n) is 2.27. The van der Waals surface area contributed by atoms with E-state index in [2.05, 4.69) is 0 Å². The quantitative estimate of drug-likeness (QED) is 0.613. The molecule has 0 heterocycles. The lowest BCUT2D eigenvalue weighted by Crippen LogP contribution is -2.29. The van der Waals surface area contributed by atoms with Gasteiger partial charge in [0.15, 0.2) is 5.75 Å². The van der Waals surface area contributed by atoms with Gasteiger partial charge in [-0.1, -0.05) is 6.07 Å². The number of nitro benzene ring substituents is 1. The van der Waals surface area contributed by atoms with E-state index in [1.54, 1.807) is 18.2 Å². The smallest absolute Gasteiger partial charge is 0.333 e. The second-order valence-corrected chi connectivity index (χ2v) is 5.20. The molecule has 0 atom stereocenters. The van der Waals surface area contributed by atoms with Crippen LogP contribution in [0.25, 0.3) is 0 Å². The number of benzene rings is 1. The molecule has 0 bridgehead atoms. The summed E-state index contributed by atoms with van der Waals surface area (Å²) in [5.41, 5.74) is 0.520. The summed E-state index contributed by atoms with van der Waals surface area (Å²) in [5.74, 6) is 0.283. The van der Waals surface area contributed by atoms with Gasteiger partial charge in [0.05, 0.1) is 17.6 Å². The van der Waals surface area contributed by atoms with Crippen molar-refractivity contribution >= 4 is 11.4 Å². The van der Waals surface area contributed by atoms with Crippen LogP contribution in [0.15, 0.2) is 18.2 Å². The summed E-state index contributed by atoms with van der Waals surface area (Å²) in [6, 6.07) is 5.38. The van der Waals surface area contributed by atoms with Crippen molar-refractivity contribution in [3.05, 3.63) is 28.3 Å². The van der Waals surface area contributed by atoms with Gasteiger partial charge >= 0.3 is 5.69 Å². The number of hydrogen-bond donors (Lipinski definition) is 1. The predicted molar refractivity (Wildman–Crippen MR) is 76.3 cm³/mol. The van der Waals surface area contributed by atoms with E-state index in [0.717, 1.165) is 12.8 Å². The molecule has 6 nitrogen and oxygen atoms in total. The van der Waals surface area contributed by atoms with E-state index in [1.807, 2.05) is 18.7 Å². The zero-order chi connectivity index (χ0) is 14.7. The van der Waals surface area contributed by atoms with Crippen molar-refractivity contribution in [2.45, 2.75) is 38.8 Å². The highest BCUT2D eigenvalue weighted by Crippen LogP contribution is 2.41. The van der Waals surface area contributed by atoms with Crippen LogP contribution in [0, 0.1) is 10.1 Å². The first-order chi connectivity index (χ1) is 9.54. The van der Waals surface area contributed by atoms with Gasteiger partial charge in [-0.3, -0.25) is 10.1 Å². The molecule has 0 amide bonds. The third-order valence-corrected chi connectivity index (χ3v) is 3.16. The lowest BCUT2D eigenvalue weighted by Gasteiger charge is -2.24. The van der Waals surface area contributed by atoms with Crippen molar-refractivity contribution in [3.8, 4) is 5.75 Å². The summed E-state index contributed by atoms with van der Waals surface area (Å²) in [5, 5.41) is 20.6. The van der Waals surface area contributed by atoms with E-state index in [0.29, 0.717) is 12.2 Å². The minimum Gasteiger partial charge on any atom is -0.484 e. The predicted octanol–water partition coefficient (Wildman–Crippen LogP) is 2.34. The number of hydrogen-bond acceptors (Lipinski definition) is 5. The number of ether oxygens (including phenoxy) is 1. The molecule has 1 aromatic carbocycles. The number of aliphatic hydroxyl groups is 1. The standard InChI is InChI=1S/C14H20N2O4/c1-10(2)20-13-5-3-4-12(14(13)16(18)19)15(8-9-17)11-6-7-11/h3-5,10-11,17H,6-9H2,1-2H3. The molecule has 20 heavy (non-hydrogen) atoms. The number of nitrogens with zero attached hydrogens (tertiary/aromatic N) is 2. The van der Waals surface area contributed by atoms with Crippen LogP contribution in [-0.4, -0.2) is 35.3 Å². The van der Waals surface area contributed by atoms with Crippen LogP contribution in [0.1, 0.15) is 26.7 Å². The highest BCUT2D eigenvalue weighted by molar-refractivity contribution is 5.70. The lowest BCUT2D eigenvalue weighted by molar-refractivity contribution is -0.385. The Morgan fingerprint density at radius 1 is 1.50 bits per heavy atom. The Balaban J connectivity index is 2.42. The average Bonchev–Trinajstić information content (AvgIpc) is 3.18. The molecule has 1 aliphatic carbocycles. The Hall–Kier alpha value is -1.82. The summed E-state index contributed by atoms with van der Waals surface area (Å²) in [7, 11) is 0. The minimum absolute atomic E-state index is 0.0125. The maximum Gasteiger partial charge on any atom is 0.333 e. The summed E-state index contributed by atoms with van der Waals surface area (Å²) in [4.78, 5) is 12.9. The van der Waals surface area contributed by atoms with E-state index in [-0.39, 0.29) is 30.2 Å². The average molecular weight is 280 g/mol. The topological polar surface area (TPSA) is 75.8 Å². The van der Waals surface area contributed by atoms with Crippen LogP contribution in [0.4, 0.5) is 11.4 Å². The van der Waals surface area contributed by atoms with Gasteiger partial charge in [0.25, 0.3) is 0 Å². The largest absolute Gasteiger partial charge is 0.484 e. The highest BCUT2D eigenvalue weighted by Gasteiger charge is 2.34. The molecule has 0 radical (unpaired) electrons. The van der Waals surface area contributed by atoms with Crippen molar-refractivity contribution in [2.24, 2.45) is 0 Å². The molecule has 1 fully saturated rings. The molecule has 0 aliphatic heterocycles. The van der Waals surface area contributed by atoms with Gasteiger partial charge < -0.3 is 14.7 Å². The Kier molecular flexibility index (Phi) is 4.44. The normalized spacial score (nSPS) is 14.4. The molecular weight excluding hydrogens is 260 g/mol.